The largest absolute Gasteiger partial charge is 0.493 e. The number of methoxy groups -OCH3 is 2. The van der Waals surface area contributed by atoms with Crippen LogP contribution in [0.5, 0.6) is 11.5 Å². The smallest absolute Gasteiger partial charge is 0.332 e. The maximum absolute atomic E-state index is 13.7. The first-order valence-electron chi connectivity index (χ1n) is 12.1. The number of hydrogen-bond acceptors (Lipinski definition) is 5. The fourth-order valence-corrected chi connectivity index (χ4v) is 4.20. The van der Waals surface area contributed by atoms with E-state index in [9.17, 15) is 14.4 Å². The summed E-state index contributed by atoms with van der Waals surface area (Å²) >= 11 is 0. The molecule has 0 aliphatic heterocycles. The Labute approximate surface area is 215 Å². The van der Waals surface area contributed by atoms with Crippen LogP contribution in [0.25, 0.3) is 10.9 Å². The lowest BCUT2D eigenvalue weighted by molar-refractivity contribution is 0.0943. The number of carbonyl (C=O) groups is 1. The molecule has 0 unspecified atom stereocenters. The van der Waals surface area contributed by atoms with E-state index in [1.54, 1.807) is 41.0 Å². The maximum atomic E-state index is 13.7. The second-order valence-electron chi connectivity index (χ2n) is 9.30. The number of amides is 1. The Morgan fingerprint density at radius 2 is 1.38 bits per heavy atom. The summed E-state index contributed by atoms with van der Waals surface area (Å²) in [4.78, 5) is 39.6. The summed E-state index contributed by atoms with van der Waals surface area (Å²) in [5.41, 5.74) is 2.87. The molecule has 0 saturated heterocycles. The molecule has 192 valence electrons. The summed E-state index contributed by atoms with van der Waals surface area (Å²) in [7, 11) is 3.01. The fraction of sp³-hybridized carbons (Fsp3) is 0.276. The Balaban J connectivity index is 1.83. The van der Waals surface area contributed by atoms with Crippen molar-refractivity contribution in [1.82, 2.24) is 14.5 Å². The van der Waals surface area contributed by atoms with Crippen LogP contribution in [0.3, 0.4) is 0 Å². The molecule has 8 nitrogen and oxygen atoms in total. The van der Waals surface area contributed by atoms with E-state index in [0.717, 1.165) is 16.7 Å². The third-order valence-electron chi connectivity index (χ3n) is 6.17. The Morgan fingerprint density at radius 3 is 1.95 bits per heavy atom. The topological polar surface area (TPSA) is 91.6 Å². The quantitative estimate of drug-likeness (QED) is 0.397. The lowest BCUT2D eigenvalue weighted by Crippen LogP contribution is -2.40. The van der Waals surface area contributed by atoms with E-state index in [1.165, 1.54) is 18.8 Å². The van der Waals surface area contributed by atoms with E-state index in [1.807, 2.05) is 45.0 Å². The van der Waals surface area contributed by atoms with Gasteiger partial charge in [-0.25, -0.2) is 4.79 Å². The predicted molar refractivity (Wildman–Crippen MR) is 144 cm³/mol. The maximum Gasteiger partial charge on any atom is 0.332 e. The van der Waals surface area contributed by atoms with Crippen molar-refractivity contribution in [2.75, 3.05) is 14.2 Å². The van der Waals surface area contributed by atoms with Crippen LogP contribution in [0.1, 0.15) is 40.9 Å². The van der Waals surface area contributed by atoms with Gasteiger partial charge in [0.15, 0.2) is 11.5 Å². The molecular formula is C29H31N3O5. The highest BCUT2D eigenvalue weighted by molar-refractivity contribution is 5.94. The first-order valence-corrected chi connectivity index (χ1v) is 12.1. The van der Waals surface area contributed by atoms with Gasteiger partial charge in [-0.3, -0.25) is 18.7 Å². The number of nitrogens with one attached hydrogen (secondary N) is 1. The first-order chi connectivity index (χ1) is 17.7. The zero-order valence-corrected chi connectivity index (χ0v) is 21.7. The zero-order valence-electron chi connectivity index (χ0n) is 21.7. The van der Waals surface area contributed by atoms with Crippen LogP contribution < -0.4 is 26.0 Å². The lowest BCUT2D eigenvalue weighted by Gasteiger charge is -2.17. The zero-order chi connectivity index (χ0) is 26.7. The average molecular weight is 502 g/mol. The van der Waals surface area contributed by atoms with Crippen LogP contribution in [0.2, 0.25) is 0 Å². The molecule has 0 aliphatic carbocycles. The van der Waals surface area contributed by atoms with Crippen molar-refractivity contribution >= 4 is 16.8 Å². The number of ether oxygens (including phenoxy) is 2. The minimum Gasteiger partial charge on any atom is -0.493 e. The van der Waals surface area contributed by atoms with Gasteiger partial charge in [-0.15, -0.1) is 0 Å². The van der Waals surface area contributed by atoms with E-state index >= 15 is 0 Å². The van der Waals surface area contributed by atoms with Gasteiger partial charge in [0.25, 0.3) is 11.5 Å². The highest BCUT2D eigenvalue weighted by Gasteiger charge is 2.18. The molecule has 0 atom stereocenters. The van der Waals surface area contributed by atoms with Crippen molar-refractivity contribution in [3.05, 3.63) is 104 Å². The minimum atomic E-state index is -0.438. The van der Waals surface area contributed by atoms with Crippen LogP contribution in [0.15, 0.2) is 70.3 Å². The molecule has 4 rings (SSSR count). The van der Waals surface area contributed by atoms with E-state index in [4.69, 9.17) is 9.47 Å². The van der Waals surface area contributed by atoms with Crippen molar-refractivity contribution in [2.24, 2.45) is 0 Å². The van der Waals surface area contributed by atoms with Crippen LogP contribution in [0, 0.1) is 6.92 Å². The van der Waals surface area contributed by atoms with Crippen molar-refractivity contribution in [3.63, 3.8) is 0 Å². The Kier molecular flexibility index (Phi) is 7.47. The van der Waals surface area contributed by atoms with Crippen LogP contribution >= 0.6 is 0 Å². The van der Waals surface area contributed by atoms with E-state index < -0.39 is 11.2 Å². The molecule has 1 aromatic heterocycles. The van der Waals surface area contributed by atoms with Gasteiger partial charge < -0.3 is 14.8 Å². The molecule has 1 amide bonds. The summed E-state index contributed by atoms with van der Waals surface area (Å²) in [6, 6.07) is 18.1. The van der Waals surface area contributed by atoms with E-state index in [0.29, 0.717) is 28.0 Å². The summed E-state index contributed by atoms with van der Waals surface area (Å²) in [5, 5.41) is 3.20. The molecule has 0 radical (unpaired) electrons. The molecule has 1 N–H and O–H groups in total. The normalized spacial score (nSPS) is 11.1. The average Bonchev–Trinajstić information content (AvgIpc) is 2.89. The number of carbonyl (C=O) groups excluding carboxylic acids is 1. The van der Waals surface area contributed by atoms with E-state index in [-0.39, 0.29) is 25.0 Å². The number of benzene rings is 3. The number of aryl methyl sites for hydroxylation is 1. The fourth-order valence-electron chi connectivity index (χ4n) is 4.20. The third-order valence-corrected chi connectivity index (χ3v) is 6.17. The number of rotatable bonds is 8. The number of aromatic nitrogens is 2. The van der Waals surface area contributed by atoms with Gasteiger partial charge in [-0.1, -0.05) is 42.0 Å². The molecule has 4 aromatic rings. The molecular weight excluding hydrogens is 470 g/mol. The minimum absolute atomic E-state index is 0.0194. The SMILES string of the molecule is COc1cc2c(=O)n(Cc3ccc(C(=O)NC(C)C)cc3)c(=O)n(Cc3ccc(C)cc3)c2cc1OC. The highest BCUT2D eigenvalue weighted by atomic mass is 16.5. The van der Waals surface area contributed by atoms with Gasteiger partial charge in [0.1, 0.15) is 0 Å². The lowest BCUT2D eigenvalue weighted by atomic mass is 10.1. The molecule has 1 heterocycles. The molecule has 37 heavy (non-hydrogen) atoms. The van der Waals surface area contributed by atoms with Crippen molar-refractivity contribution < 1.29 is 14.3 Å². The summed E-state index contributed by atoms with van der Waals surface area (Å²) in [6.07, 6.45) is 0. The van der Waals surface area contributed by atoms with Gasteiger partial charge in [0.05, 0.1) is 38.2 Å². The van der Waals surface area contributed by atoms with Gasteiger partial charge in [0.2, 0.25) is 0 Å². The van der Waals surface area contributed by atoms with Crippen molar-refractivity contribution in [1.29, 1.82) is 0 Å². The summed E-state index contributed by atoms with van der Waals surface area (Å²) in [5.74, 6) is 0.657. The number of fused-ring (bicyclic) bond motifs is 1. The van der Waals surface area contributed by atoms with Gasteiger partial charge in [-0.05, 0) is 50.1 Å². The number of nitrogens with zero attached hydrogens (tertiary/aromatic N) is 2. The monoisotopic (exact) mass is 501 g/mol. The molecule has 0 bridgehead atoms. The van der Waals surface area contributed by atoms with Crippen molar-refractivity contribution in [2.45, 2.75) is 39.9 Å². The molecule has 0 spiro atoms. The van der Waals surface area contributed by atoms with Crippen LogP contribution in [-0.4, -0.2) is 35.3 Å². The molecule has 8 heteroatoms. The molecule has 0 saturated carbocycles. The Hall–Kier alpha value is -4.33. The van der Waals surface area contributed by atoms with Gasteiger partial charge in [0, 0.05) is 17.7 Å². The Bertz CT molecular complexity index is 1550. The summed E-state index contributed by atoms with van der Waals surface area (Å²) in [6.45, 7) is 6.12. The molecule has 3 aromatic carbocycles. The van der Waals surface area contributed by atoms with Crippen LogP contribution in [-0.2, 0) is 13.1 Å². The second kappa shape index (κ2) is 10.7. The third kappa shape index (κ3) is 5.43. The van der Waals surface area contributed by atoms with Crippen molar-refractivity contribution in [3.8, 4) is 11.5 Å². The molecule has 0 fully saturated rings. The predicted octanol–water partition coefficient (Wildman–Crippen LogP) is 3.72. The second-order valence-corrected chi connectivity index (χ2v) is 9.30. The first kappa shape index (κ1) is 25.8. The van der Waals surface area contributed by atoms with E-state index in [2.05, 4.69) is 5.32 Å². The Morgan fingerprint density at radius 1 is 0.838 bits per heavy atom. The molecule has 0 aliphatic rings. The number of hydrogen-bond donors (Lipinski definition) is 1. The highest BCUT2D eigenvalue weighted by Crippen LogP contribution is 2.30. The van der Waals surface area contributed by atoms with Gasteiger partial charge >= 0.3 is 5.69 Å². The van der Waals surface area contributed by atoms with Crippen LogP contribution in [0.4, 0.5) is 0 Å². The van der Waals surface area contributed by atoms with Gasteiger partial charge in [-0.2, -0.15) is 0 Å². The summed E-state index contributed by atoms with van der Waals surface area (Å²) < 4.78 is 13.7. The standard InChI is InChI=1S/C29H31N3O5/c1-18(2)30-27(33)22-12-10-21(11-13-22)17-32-28(34)23-14-25(36-4)26(37-5)15-24(23)31(29(32)35)16-20-8-6-19(3)7-9-20/h6-15,18H,16-17H2,1-5H3,(H,30,33).